The van der Waals surface area contributed by atoms with Crippen molar-refractivity contribution in [3.63, 3.8) is 0 Å². The normalized spacial score (nSPS) is 11.9. The van der Waals surface area contributed by atoms with Gasteiger partial charge in [-0.05, 0) is 37.6 Å². The van der Waals surface area contributed by atoms with Crippen molar-refractivity contribution in [3.05, 3.63) is 40.4 Å². The van der Waals surface area contributed by atoms with Crippen LogP contribution in [0.2, 0.25) is 0 Å². The molecular weight excluding hydrogens is 276 g/mol. The van der Waals surface area contributed by atoms with Crippen molar-refractivity contribution in [2.45, 2.75) is 46.1 Å². The highest BCUT2D eigenvalue weighted by molar-refractivity contribution is 7.15. The maximum absolute atomic E-state index is 4.93. The molecule has 1 aromatic heterocycles. The molecule has 0 aliphatic rings. The van der Waals surface area contributed by atoms with Crippen LogP contribution in [0.4, 0.5) is 0 Å². The number of thiazole rings is 1. The molecule has 1 heterocycles. The van der Waals surface area contributed by atoms with Crippen LogP contribution in [0, 0.1) is 0 Å². The second-order valence-corrected chi connectivity index (χ2v) is 7.55. The Morgan fingerprint density at radius 1 is 1.10 bits per heavy atom. The molecule has 0 atom stereocenters. The number of aromatic nitrogens is 1. The fourth-order valence-corrected chi connectivity index (χ4v) is 3.68. The Bertz CT molecular complexity index is 572. The molecule has 0 saturated carbocycles. The van der Waals surface area contributed by atoms with Gasteiger partial charge < -0.3 is 4.90 Å². The van der Waals surface area contributed by atoms with Gasteiger partial charge in [0.05, 0.1) is 5.69 Å². The molecule has 0 fully saturated rings. The average molecular weight is 302 g/mol. The van der Waals surface area contributed by atoms with Gasteiger partial charge in [-0.15, -0.1) is 11.3 Å². The first-order valence-corrected chi connectivity index (χ1v) is 8.44. The Labute approximate surface area is 132 Å². The van der Waals surface area contributed by atoms with Gasteiger partial charge in [0.15, 0.2) is 0 Å². The molecule has 0 saturated heterocycles. The lowest BCUT2D eigenvalue weighted by Crippen LogP contribution is -2.10. The number of rotatable bonds is 5. The summed E-state index contributed by atoms with van der Waals surface area (Å²) in [5, 5.41) is 1.16. The molecule has 2 aromatic rings. The fraction of sp³-hybridized carbons (Fsp3) is 0.500. The number of nitrogens with zero attached hydrogens (tertiary/aromatic N) is 2. The van der Waals surface area contributed by atoms with Gasteiger partial charge in [-0.2, -0.15) is 0 Å². The van der Waals surface area contributed by atoms with Crippen LogP contribution in [0.25, 0.3) is 10.6 Å². The van der Waals surface area contributed by atoms with E-state index in [9.17, 15) is 0 Å². The summed E-state index contributed by atoms with van der Waals surface area (Å²) in [6, 6.07) is 8.77. The minimum Gasteiger partial charge on any atom is -0.305 e. The highest BCUT2D eigenvalue weighted by Crippen LogP contribution is 2.36. The van der Waals surface area contributed by atoms with Crippen molar-refractivity contribution in [1.29, 1.82) is 0 Å². The van der Waals surface area contributed by atoms with Gasteiger partial charge in [-0.3, -0.25) is 0 Å². The Morgan fingerprint density at radius 3 is 2.33 bits per heavy atom. The third kappa shape index (κ3) is 3.92. The van der Waals surface area contributed by atoms with Crippen LogP contribution < -0.4 is 0 Å². The summed E-state index contributed by atoms with van der Waals surface area (Å²) in [5.74, 6) is 1.02. The van der Waals surface area contributed by atoms with E-state index >= 15 is 0 Å². The van der Waals surface area contributed by atoms with Crippen molar-refractivity contribution < 1.29 is 0 Å². The minimum atomic E-state index is 0.484. The van der Waals surface area contributed by atoms with E-state index in [1.165, 1.54) is 21.7 Å². The Hall–Kier alpha value is -1.19. The lowest BCUT2D eigenvalue weighted by molar-refractivity contribution is 0.402. The van der Waals surface area contributed by atoms with Gasteiger partial charge in [0, 0.05) is 17.0 Å². The Balaban J connectivity index is 2.40. The summed E-state index contributed by atoms with van der Waals surface area (Å²) in [5.41, 5.74) is 3.85. The molecule has 2 nitrogen and oxygen atoms in total. The zero-order chi connectivity index (χ0) is 15.6. The minimum absolute atomic E-state index is 0.484. The molecule has 21 heavy (non-hydrogen) atoms. The first-order valence-electron chi connectivity index (χ1n) is 7.63. The Kier molecular flexibility index (Phi) is 5.17. The summed E-state index contributed by atoms with van der Waals surface area (Å²) in [4.78, 5) is 8.55. The SMILES string of the molecule is CC(C)c1nc(-c2cccc(CN(C)C)c2)sc1C(C)C. The summed E-state index contributed by atoms with van der Waals surface area (Å²) in [6.45, 7) is 9.94. The van der Waals surface area contributed by atoms with Crippen LogP contribution in [0.15, 0.2) is 24.3 Å². The predicted molar refractivity (Wildman–Crippen MR) is 93.1 cm³/mol. The monoisotopic (exact) mass is 302 g/mol. The standard InChI is InChI=1S/C18H26N2S/c1-12(2)16-17(13(3)4)21-18(19-16)15-9-7-8-14(10-15)11-20(5)6/h7-10,12-13H,11H2,1-6H3. The highest BCUT2D eigenvalue weighted by Gasteiger charge is 2.17. The number of benzene rings is 1. The molecule has 0 N–H and O–H groups in total. The number of hydrogen-bond donors (Lipinski definition) is 0. The van der Waals surface area contributed by atoms with E-state index in [-0.39, 0.29) is 0 Å². The molecule has 2 rings (SSSR count). The Morgan fingerprint density at radius 2 is 1.81 bits per heavy atom. The van der Waals surface area contributed by atoms with Crippen molar-refractivity contribution in [2.75, 3.05) is 14.1 Å². The molecule has 0 bridgehead atoms. The fourth-order valence-electron chi connectivity index (χ4n) is 2.46. The second kappa shape index (κ2) is 6.71. The molecule has 0 aliphatic carbocycles. The number of hydrogen-bond acceptors (Lipinski definition) is 3. The lowest BCUT2D eigenvalue weighted by Gasteiger charge is -2.10. The maximum Gasteiger partial charge on any atom is 0.123 e. The molecule has 0 aliphatic heterocycles. The van der Waals surface area contributed by atoms with Crippen LogP contribution in [-0.2, 0) is 6.54 Å². The van der Waals surface area contributed by atoms with E-state index in [0.29, 0.717) is 11.8 Å². The highest BCUT2D eigenvalue weighted by atomic mass is 32.1. The summed E-state index contributed by atoms with van der Waals surface area (Å²) >= 11 is 1.85. The van der Waals surface area contributed by atoms with E-state index < -0.39 is 0 Å². The van der Waals surface area contributed by atoms with E-state index in [1.54, 1.807) is 0 Å². The third-order valence-electron chi connectivity index (χ3n) is 3.43. The van der Waals surface area contributed by atoms with E-state index in [0.717, 1.165) is 11.6 Å². The quantitative estimate of drug-likeness (QED) is 0.762. The van der Waals surface area contributed by atoms with Gasteiger partial charge in [-0.1, -0.05) is 45.9 Å². The third-order valence-corrected chi connectivity index (χ3v) is 4.85. The summed E-state index contributed by atoms with van der Waals surface area (Å²) < 4.78 is 0. The van der Waals surface area contributed by atoms with E-state index in [1.807, 2.05) is 11.3 Å². The molecule has 0 radical (unpaired) electrons. The van der Waals surface area contributed by atoms with Crippen molar-refractivity contribution in [3.8, 4) is 10.6 Å². The van der Waals surface area contributed by atoms with Crippen LogP contribution in [0.5, 0.6) is 0 Å². The van der Waals surface area contributed by atoms with Crippen LogP contribution in [0.3, 0.4) is 0 Å². The summed E-state index contributed by atoms with van der Waals surface area (Å²) in [6.07, 6.45) is 0. The first kappa shape index (κ1) is 16.2. The average Bonchev–Trinajstić information content (AvgIpc) is 2.83. The zero-order valence-electron chi connectivity index (χ0n) is 14.0. The molecule has 0 spiro atoms. The predicted octanol–water partition coefficient (Wildman–Crippen LogP) is 5.12. The van der Waals surface area contributed by atoms with Crippen LogP contribution in [0.1, 0.15) is 55.7 Å². The topological polar surface area (TPSA) is 16.1 Å². The van der Waals surface area contributed by atoms with Crippen molar-refractivity contribution in [1.82, 2.24) is 9.88 Å². The van der Waals surface area contributed by atoms with Gasteiger partial charge in [0.25, 0.3) is 0 Å². The smallest absolute Gasteiger partial charge is 0.123 e. The molecule has 1 aromatic carbocycles. The zero-order valence-corrected chi connectivity index (χ0v) is 14.8. The maximum atomic E-state index is 4.93. The molecule has 0 amide bonds. The van der Waals surface area contributed by atoms with Crippen LogP contribution >= 0.6 is 11.3 Å². The molecule has 114 valence electrons. The van der Waals surface area contributed by atoms with Gasteiger partial charge >= 0.3 is 0 Å². The molecule has 0 unspecified atom stereocenters. The van der Waals surface area contributed by atoms with Gasteiger partial charge in [0.1, 0.15) is 5.01 Å². The lowest BCUT2D eigenvalue weighted by atomic mass is 10.0. The second-order valence-electron chi connectivity index (χ2n) is 6.52. The summed E-state index contributed by atoms with van der Waals surface area (Å²) in [7, 11) is 4.20. The van der Waals surface area contributed by atoms with Crippen molar-refractivity contribution in [2.24, 2.45) is 0 Å². The molecular formula is C18H26N2S. The van der Waals surface area contributed by atoms with Gasteiger partial charge in [0.2, 0.25) is 0 Å². The van der Waals surface area contributed by atoms with Crippen LogP contribution in [-0.4, -0.2) is 24.0 Å². The van der Waals surface area contributed by atoms with Crippen molar-refractivity contribution >= 4 is 11.3 Å². The molecule has 3 heteroatoms. The van der Waals surface area contributed by atoms with E-state index in [4.69, 9.17) is 4.98 Å². The largest absolute Gasteiger partial charge is 0.305 e. The van der Waals surface area contributed by atoms with Gasteiger partial charge in [-0.25, -0.2) is 4.98 Å². The van der Waals surface area contributed by atoms with E-state index in [2.05, 4.69) is 71.0 Å². The first-order chi connectivity index (χ1) is 9.88.